The van der Waals surface area contributed by atoms with Crippen LogP contribution in [0.4, 0.5) is 16.3 Å². The van der Waals surface area contributed by atoms with Gasteiger partial charge < -0.3 is 15.5 Å². The molecule has 2 aromatic rings. The Labute approximate surface area is 190 Å². The summed E-state index contributed by atoms with van der Waals surface area (Å²) in [6.45, 7) is 8.60. The monoisotopic (exact) mass is 434 g/mol. The summed E-state index contributed by atoms with van der Waals surface area (Å²) in [5, 5.41) is 6.01. The first kappa shape index (κ1) is 21.2. The Morgan fingerprint density at radius 1 is 1.00 bits per heavy atom. The van der Waals surface area contributed by atoms with Crippen molar-refractivity contribution in [3.05, 3.63) is 54.7 Å². The molecule has 1 unspecified atom stereocenters. The first-order valence-corrected chi connectivity index (χ1v) is 12.0. The van der Waals surface area contributed by atoms with Crippen LogP contribution in [-0.4, -0.2) is 79.2 Å². The van der Waals surface area contributed by atoms with E-state index in [1.54, 1.807) is 0 Å². The minimum atomic E-state index is -0.110. The van der Waals surface area contributed by atoms with Gasteiger partial charge in [-0.2, -0.15) is 0 Å². The number of urea groups is 1. The van der Waals surface area contributed by atoms with Crippen molar-refractivity contribution in [3.8, 4) is 0 Å². The van der Waals surface area contributed by atoms with Crippen molar-refractivity contribution in [2.24, 2.45) is 11.8 Å². The molecule has 0 saturated carbocycles. The number of piperidine rings is 3. The van der Waals surface area contributed by atoms with Gasteiger partial charge in [-0.05, 0) is 55.5 Å². The maximum Gasteiger partial charge on any atom is 0.319 e. The summed E-state index contributed by atoms with van der Waals surface area (Å²) in [4.78, 5) is 24.4. The van der Waals surface area contributed by atoms with Gasteiger partial charge in [0, 0.05) is 63.7 Å². The van der Waals surface area contributed by atoms with Gasteiger partial charge in [0.2, 0.25) is 0 Å². The fourth-order valence-electron chi connectivity index (χ4n) is 5.61. The third kappa shape index (κ3) is 5.05. The summed E-state index contributed by atoms with van der Waals surface area (Å²) in [6.07, 6.45) is 4.38. The second-order valence-corrected chi connectivity index (χ2v) is 9.37. The van der Waals surface area contributed by atoms with Crippen LogP contribution in [0.1, 0.15) is 12.8 Å². The Morgan fingerprint density at radius 2 is 1.81 bits per heavy atom. The molecule has 2 N–H and O–H groups in total. The van der Waals surface area contributed by atoms with Crippen LogP contribution in [0, 0.1) is 11.8 Å². The molecular weight excluding hydrogens is 400 g/mol. The summed E-state index contributed by atoms with van der Waals surface area (Å²) < 4.78 is 0. The first-order valence-electron chi connectivity index (χ1n) is 12.0. The van der Waals surface area contributed by atoms with E-state index in [9.17, 15) is 4.79 Å². The second-order valence-electron chi connectivity index (χ2n) is 9.37. The number of anilines is 2. The van der Waals surface area contributed by atoms with Gasteiger partial charge in [0.05, 0.1) is 0 Å². The SMILES string of the molecule is O=C(NC[C@H]1C[C@@H]2CCN1C[C@@H]2CN1CCN(c2ccccn2)CC1)Nc1ccccc1. The van der Waals surface area contributed by atoms with E-state index in [1.165, 1.54) is 25.9 Å². The zero-order valence-corrected chi connectivity index (χ0v) is 18.7. The molecule has 0 aliphatic carbocycles. The van der Waals surface area contributed by atoms with Crippen LogP contribution in [-0.2, 0) is 0 Å². The van der Waals surface area contributed by atoms with E-state index in [0.717, 1.165) is 62.6 Å². The van der Waals surface area contributed by atoms with Crippen molar-refractivity contribution in [1.29, 1.82) is 0 Å². The molecule has 1 aromatic heterocycles. The molecule has 5 heterocycles. The number of aromatic nitrogens is 1. The van der Waals surface area contributed by atoms with Crippen LogP contribution >= 0.6 is 0 Å². The standard InChI is InChI=1S/C25H34N6O/c32-25(28-22-6-2-1-3-7-22)27-17-23-16-20-9-11-31(23)19-21(20)18-29-12-14-30(15-13-29)24-8-4-5-10-26-24/h1-8,10,20-21,23H,9,11-19H2,(H2,27,28,32)/t20-,21-,23+/m0/s1. The number of hydrogen-bond donors (Lipinski definition) is 2. The Morgan fingerprint density at radius 3 is 2.53 bits per heavy atom. The molecule has 4 atom stereocenters. The fourth-order valence-corrected chi connectivity index (χ4v) is 5.61. The summed E-state index contributed by atoms with van der Waals surface area (Å²) in [5.74, 6) is 2.62. The zero-order valence-electron chi connectivity index (χ0n) is 18.7. The topological polar surface area (TPSA) is 63.7 Å². The number of pyridine rings is 1. The summed E-state index contributed by atoms with van der Waals surface area (Å²) in [5.41, 5.74) is 0.832. The largest absolute Gasteiger partial charge is 0.354 e. The van der Waals surface area contributed by atoms with Crippen molar-refractivity contribution >= 4 is 17.5 Å². The number of benzene rings is 1. The lowest BCUT2D eigenvalue weighted by atomic mass is 9.75. The van der Waals surface area contributed by atoms with Gasteiger partial charge in [0.1, 0.15) is 5.82 Å². The average Bonchev–Trinajstić information content (AvgIpc) is 2.85. The average molecular weight is 435 g/mol. The van der Waals surface area contributed by atoms with Gasteiger partial charge in [-0.25, -0.2) is 9.78 Å². The summed E-state index contributed by atoms with van der Waals surface area (Å²) in [6, 6.07) is 16.1. The van der Waals surface area contributed by atoms with Crippen LogP contribution in [0.15, 0.2) is 54.7 Å². The number of carbonyl (C=O) groups is 1. The van der Waals surface area contributed by atoms with Gasteiger partial charge in [-0.1, -0.05) is 24.3 Å². The summed E-state index contributed by atoms with van der Waals surface area (Å²) in [7, 11) is 0. The third-order valence-electron chi connectivity index (χ3n) is 7.38. The molecule has 7 heteroatoms. The van der Waals surface area contributed by atoms with Gasteiger partial charge in [-0.3, -0.25) is 9.80 Å². The number of hydrogen-bond acceptors (Lipinski definition) is 5. The normalized spacial score (nSPS) is 27.8. The van der Waals surface area contributed by atoms with Crippen LogP contribution in [0.5, 0.6) is 0 Å². The van der Waals surface area contributed by atoms with Crippen LogP contribution in [0.25, 0.3) is 0 Å². The first-order chi connectivity index (χ1) is 15.7. The number of amides is 2. The molecule has 4 fully saturated rings. The molecule has 0 spiro atoms. The van der Waals surface area contributed by atoms with Crippen LogP contribution in [0.2, 0.25) is 0 Å². The smallest absolute Gasteiger partial charge is 0.319 e. The van der Waals surface area contributed by atoms with Gasteiger partial charge in [-0.15, -0.1) is 0 Å². The van der Waals surface area contributed by atoms with Crippen LogP contribution in [0.3, 0.4) is 0 Å². The fraction of sp³-hybridized carbons (Fsp3) is 0.520. The highest BCUT2D eigenvalue weighted by Crippen LogP contribution is 2.36. The van der Waals surface area contributed by atoms with Crippen molar-refractivity contribution in [1.82, 2.24) is 20.1 Å². The lowest BCUT2D eigenvalue weighted by Crippen LogP contribution is -2.59. The maximum absolute atomic E-state index is 12.3. The zero-order chi connectivity index (χ0) is 21.8. The molecule has 170 valence electrons. The number of nitrogens with zero attached hydrogens (tertiary/aromatic N) is 4. The van der Waals surface area contributed by atoms with E-state index in [4.69, 9.17) is 0 Å². The molecule has 4 aliphatic rings. The van der Waals surface area contributed by atoms with Crippen LogP contribution < -0.4 is 15.5 Å². The highest BCUT2D eigenvalue weighted by Gasteiger charge is 2.40. The number of nitrogens with one attached hydrogen (secondary N) is 2. The van der Waals surface area contributed by atoms with Gasteiger partial charge in [0.15, 0.2) is 0 Å². The molecule has 2 bridgehead atoms. The Kier molecular flexibility index (Phi) is 6.55. The molecule has 7 nitrogen and oxygen atoms in total. The lowest BCUT2D eigenvalue weighted by Gasteiger charge is -2.51. The Bertz CT molecular complexity index is 871. The second kappa shape index (κ2) is 9.88. The molecule has 2 amide bonds. The number of rotatable bonds is 6. The Hall–Kier alpha value is -2.64. The minimum absolute atomic E-state index is 0.110. The predicted molar refractivity (Wildman–Crippen MR) is 128 cm³/mol. The van der Waals surface area contributed by atoms with E-state index in [0.29, 0.717) is 6.04 Å². The molecule has 1 aromatic carbocycles. The highest BCUT2D eigenvalue weighted by molar-refractivity contribution is 5.89. The molecule has 4 saturated heterocycles. The number of carbonyl (C=O) groups excluding carboxylic acids is 1. The highest BCUT2D eigenvalue weighted by atomic mass is 16.2. The van der Waals surface area contributed by atoms with E-state index < -0.39 is 0 Å². The third-order valence-corrected chi connectivity index (χ3v) is 7.38. The predicted octanol–water partition coefficient (Wildman–Crippen LogP) is 2.74. The summed E-state index contributed by atoms with van der Waals surface area (Å²) >= 11 is 0. The Balaban J connectivity index is 1.06. The molecule has 0 radical (unpaired) electrons. The van der Waals surface area contributed by atoms with Gasteiger partial charge >= 0.3 is 6.03 Å². The maximum atomic E-state index is 12.3. The van der Waals surface area contributed by atoms with Crippen molar-refractivity contribution in [2.75, 3.05) is 62.6 Å². The molecule has 4 aliphatic heterocycles. The molecule has 32 heavy (non-hydrogen) atoms. The van der Waals surface area contributed by atoms with Crippen molar-refractivity contribution in [3.63, 3.8) is 0 Å². The van der Waals surface area contributed by atoms with E-state index in [1.807, 2.05) is 42.6 Å². The lowest BCUT2D eigenvalue weighted by molar-refractivity contribution is -0.0114. The van der Waals surface area contributed by atoms with Crippen molar-refractivity contribution < 1.29 is 4.79 Å². The number of para-hydroxylation sites is 1. The molecular formula is C25H34N6O. The quantitative estimate of drug-likeness (QED) is 0.732. The van der Waals surface area contributed by atoms with E-state index >= 15 is 0 Å². The minimum Gasteiger partial charge on any atom is -0.354 e. The van der Waals surface area contributed by atoms with E-state index in [-0.39, 0.29) is 6.03 Å². The molecule has 6 rings (SSSR count). The number of piperazine rings is 1. The van der Waals surface area contributed by atoms with Crippen molar-refractivity contribution in [2.45, 2.75) is 18.9 Å². The van der Waals surface area contributed by atoms with E-state index in [2.05, 4.69) is 42.5 Å². The number of fused-ring (bicyclic) bond motifs is 3. The van der Waals surface area contributed by atoms with Gasteiger partial charge in [0.25, 0.3) is 0 Å².